The Morgan fingerprint density at radius 1 is 1.33 bits per heavy atom. The molecule has 0 spiro atoms. The summed E-state index contributed by atoms with van der Waals surface area (Å²) >= 11 is 0. The van der Waals surface area contributed by atoms with Gasteiger partial charge in [0.1, 0.15) is 0 Å². The molecule has 2 atom stereocenters. The van der Waals surface area contributed by atoms with E-state index in [1.807, 2.05) is 0 Å². The molecule has 0 saturated heterocycles. The van der Waals surface area contributed by atoms with Gasteiger partial charge in [0.25, 0.3) is 0 Å². The molecule has 1 amide bonds. The van der Waals surface area contributed by atoms with Gasteiger partial charge in [-0.3, -0.25) is 0 Å². The number of hydrogen-bond acceptors (Lipinski definition) is 2. The Balaban J connectivity index is 1.98. The van der Waals surface area contributed by atoms with Crippen LogP contribution < -0.4 is 5.32 Å². The first-order valence-electron chi connectivity index (χ1n) is 5.43. The summed E-state index contributed by atoms with van der Waals surface area (Å²) in [5.41, 5.74) is 0.133. The number of nitrogens with one attached hydrogen (secondary N) is 1. The molecule has 2 rings (SSSR count). The zero-order chi connectivity index (χ0) is 13.3. The Morgan fingerprint density at radius 2 is 1.94 bits per heavy atom. The van der Waals surface area contributed by atoms with Gasteiger partial charge in [-0.2, -0.15) is 13.2 Å². The summed E-state index contributed by atoms with van der Waals surface area (Å²) in [5, 5.41) is 2.61. The van der Waals surface area contributed by atoms with E-state index in [1.54, 1.807) is 0 Å². The van der Waals surface area contributed by atoms with Crippen LogP contribution in [-0.4, -0.2) is 19.2 Å². The summed E-state index contributed by atoms with van der Waals surface area (Å²) in [6.07, 6.45) is -4.11. The van der Waals surface area contributed by atoms with Gasteiger partial charge in [-0.05, 0) is 24.1 Å². The molecule has 1 aliphatic carbocycles. The predicted molar refractivity (Wildman–Crippen MR) is 58.1 cm³/mol. The van der Waals surface area contributed by atoms with E-state index in [1.165, 1.54) is 19.2 Å². The standard InChI is InChI=1S/C12H12F3NO2/c1-18-11(17)16-10-6-9(10)7-2-4-8(5-3-7)12(13,14)15/h2-5,9-10H,6H2,1H3,(H,16,17). The minimum absolute atomic E-state index is 0.0470. The van der Waals surface area contributed by atoms with Crippen LogP contribution in [0.5, 0.6) is 0 Å². The molecule has 1 saturated carbocycles. The highest BCUT2D eigenvalue weighted by Gasteiger charge is 2.40. The number of benzene rings is 1. The summed E-state index contributed by atoms with van der Waals surface area (Å²) in [7, 11) is 1.27. The highest BCUT2D eigenvalue weighted by atomic mass is 19.4. The van der Waals surface area contributed by atoms with E-state index in [2.05, 4.69) is 10.1 Å². The molecule has 1 fully saturated rings. The van der Waals surface area contributed by atoms with Gasteiger partial charge in [-0.15, -0.1) is 0 Å². The lowest BCUT2D eigenvalue weighted by atomic mass is 10.1. The first-order chi connectivity index (χ1) is 8.41. The third-order valence-corrected chi connectivity index (χ3v) is 2.95. The fourth-order valence-electron chi connectivity index (χ4n) is 1.85. The average molecular weight is 259 g/mol. The molecule has 0 heterocycles. The Bertz CT molecular complexity index is 442. The lowest BCUT2D eigenvalue weighted by molar-refractivity contribution is -0.137. The molecular weight excluding hydrogens is 247 g/mol. The van der Waals surface area contributed by atoms with Crippen molar-refractivity contribution in [3.05, 3.63) is 35.4 Å². The molecule has 1 aromatic carbocycles. The molecule has 98 valence electrons. The number of carbonyl (C=O) groups is 1. The minimum Gasteiger partial charge on any atom is -0.453 e. The first kappa shape index (κ1) is 12.7. The molecule has 0 aromatic heterocycles. The second kappa shape index (κ2) is 4.51. The van der Waals surface area contributed by atoms with E-state index in [4.69, 9.17) is 0 Å². The van der Waals surface area contributed by atoms with E-state index >= 15 is 0 Å². The fourth-order valence-corrected chi connectivity index (χ4v) is 1.85. The molecular formula is C12H12F3NO2. The van der Waals surface area contributed by atoms with Crippen molar-refractivity contribution in [3.63, 3.8) is 0 Å². The number of rotatable bonds is 2. The van der Waals surface area contributed by atoms with Gasteiger partial charge < -0.3 is 10.1 Å². The second-order valence-corrected chi connectivity index (χ2v) is 4.20. The van der Waals surface area contributed by atoms with Gasteiger partial charge in [-0.1, -0.05) is 12.1 Å². The van der Waals surface area contributed by atoms with E-state index < -0.39 is 17.8 Å². The van der Waals surface area contributed by atoms with Gasteiger partial charge in [-0.25, -0.2) is 4.79 Å². The smallest absolute Gasteiger partial charge is 0.416 e. The molecule has 6 heteroatoms. The molecule has 0 radical (unpaired) electrons. The number of hydrogen-bond donors (Lipinski definition) is 1. The van der Waals surface area contributed by atoms with Crippen LogP contribution in [0, 0.1) is 0 Å². The third kappa shape index (κ3) is 2.75. The highest BCUT2D eigenvalue weighted by Crippen LogP contribution is 2.41. The Hall–Kier alpha value is -1.72. The van der Waals surface area contributed by atoms with Crippen molar-refractivity contribution < 1.29 is 22.7 Å². The zero-order valence-corrected chi connectivity index (χ0v) is 9.62. The molecule has 1 aromatic rings. The summed E-state index contributed by atoms with van der Waals surface area (Å²) in [6, 6.07) is 4.97. The predicted octanol–water partition coefficient (Wildman–Crippen LogP) is 2.92. The maximum Gasteiger partial charge on any atom is 0.416 e. The van der Waals surface area contributed by atoms with Crippen LogP contribution >= 0.6 is 0 Å². The first-order valence-corrected chi connectivity index (χ1v) is 5.43. The van der Waals surface area contributed by atoms with Crippen molar-refractivity contribution in [2.24, 2.45) is 0 Å². The number of ether oxygens (including phenoxy) is 1. The molecule has 1 N–H and O–H groups in total. The minimum atomic E-state index is -4.31. The maximum atomic E-state index is 12.4. The number of alkyl carbamates (subject to hydrolysis) is 1. The van der Waals surface area contributed by atoms with Crippen LogP contribution in [0.1, 0.15) is 23.5 Å². The normalized spacial score (nSPS) is 22.4. The van der Waals surface area contributed by atoms with E-state index in [0.29, 0.717) is 0 Å². The van der Waals surface area contributed by atoms with Crippen LogP contribution in [0.3, 0.4) is 0 Å². The number of amides is 1. The highest BCUT2D eigenvalue weighted by molar-refractivity contribution is 5.68. The lowest BCUT2D eigenvalue weighted by Gasteiger charge is -2.07. The quantitative estimate of drug-likeness (QED) is 0.886. The Morgan fingerprint density at radius 3 is 2.44 bits per heavy atom. The fraction of sp³-hybridized carbons (Fsp3) is 0.417. The van der Waals surface area contributed by atoms with Crippen LogP contribution in [-0.2, 0) is 10.9 Å². The van der Waals surface area contributed by atoms with Crippen molar-refractivity contribution in [3.8, 4) is 0 Å². The second-order valence-electron chi connectivity index (χ2n) is 4.20. The average Bonchev–Trinajstić information content (AvgIpc) is 3.07. The molecule has 0 bridgehead atoms. The van der Waals surface area contributed by atoms with Gasteiger partial charge in [0, 0.05) is 12.0 Å². The summed E-state index contributed by atoms with van der Waals surface area (Å²) < 4.78 is 41.5. The van der Waals surface area contributed by atoms with Crippen molar-refractivity contribution in [2.75, 3.05) is 7.11 Å². The van der Waals surface area contributed by atoms with Crippen LogP contribution in [0.4, 0.5) is 18.0 Å². The number of methoxy groups -OCH3 is 1. The summed E-state index contributed by atoms with van der Waals surface area (Å²) in [6.45, 7) is 0. The number of alkyl halides is 3. The number of carbonyl (C=O) groups excluding carboxylic acids is 1. The Labute approximate surface area is 102 Å². The molecule has 18 heavy (non-hydrogen) atoms. The molecule has 0 aliphatic heterocycles. The Kier molecular flexibility index (Phi) is 3.19. The van der Waals surface area contributed by atoms with Crippen LogP contribution in [0.2, 0.25) is 0 Å². The summed E-state index contributed by atoms with van der Waals surface area (Å²) in [5.74, 6) is 0.0754. The van der Waals surface area contributed by atoms with Gasteiger partial charge in [0.2, 0.25) is 0 Å². The molecule has 1 aliphatic rings. The summed E-state index contributed by atoms with van der Waals surface area (Å²) in [4.78, 5) is 10.9. The molecule has 2 unspecified atom stereocenters. The van der Waals surface area contributed by atoms with Crippen molar-refractivity contribution >= 4 is 6.09 Å². The van der Waals surface area contributed by atoms with Gasteiger partial charge in [0.05, 0.1) is 12.7 Å². The molecule has 3 nitrogen and oxygen atoms in total. The van der Waals surface area contributed by atoms with Crippen molar-refractivity contribution in [2.45, 2.75) is 24.6 Å². The van der Waals surface area contributed by atoms with Crippen molar-refractivity contribution in [1.29, 1.82) is 0 Å². The lowest BCUT2D eigenvalue weighted by Crippen LogP contribution is -2.26. The maximum absolute atomic E-state index is 12.4. The van der Waals surface area contributed by atoms with E-state index in [9.17, 15) is 18.0 Å². The largest absolute Gasteiger partial charge is 0.453 e. The number of halogens is 3. The third-order valence-electron chi connectivity index (χ3n) is 2.95. The topological polar surface area (TPSA) is 38.3 Å². The SMILES string of the molecule is COC(=O)NC1CC1c1ccc(C(F)(F)F)cc1. The van der Waals surface area contributed by atoms with Crippen LogP contribution in [0.15, 0.2) is 24.3 Å². The van der Waals surface area contributed by atoms with Crippen LogP contribution in [0.25, 0.3) is 0 Å². The monoisotopic (exact) mass is 259 g/mol. The van der Waals surface area contributed by atoms with E-state index in [-0.39, 0.29) is 12.0 Å². The van der Waals surface area contributed by atoms with Gasteiger partial charge >= 0.3 is 12.3 Å². The van der Waals surface area contributed by atoms with E-state index in [0.717, 1.165) is 24.1 Å². The van der Waals surface area contributed by atoms with Gasteiger partial charge in [0.15, 0.2) is 0 Å². The zero-order valence-electron chi connectivity index (χ0n) is 9.62. The van der Waals surface area contributed by atoms with Crippen molar-refractivity contribution in [1.82, 2.24) is 5.32 Å².